The van der Waals surface area contributed by atoms with Gasteiger partial charge in [0.2, 0.25) is 0 Å². The molecule has 1 heteroatoms. The van der Waals surface area contributed by atoms with Gasteiger partial charge in [-0.2, -0.15) is 0 Å². The highest BCUT2D eigenvalue weighted by molar-refractivity contribution is 5.24. The molecule has 0 amide bonds. The largest absolute Gasteiger partial charge is 0.298 e. The third kappa shape index (κ3) is 5.59. The van der Waals surface area contributed by atoms with Crippen LogP contribution in [0.15, 0.2) is 29.8 Å². The fraction of sp³-hybridized carbons (Fsp3) is 0.500. The predicted molar refractivity (Wildman–Crippen MR) is 52.1 cm³/mol. The van der Waals surface area contributed by atoms with Crippen LogP contribution in [0.3, 0.4) is 0 Å². The van der Waals surface area contributed by atoms with Crippen LogP contribution in [-0.4, -0.2) is 12.8 Å². The maximum Gasteiger partial charge on any atom is 0.0469 e. The molecule has 0 unspecified atom stereocenters. The zero-order chi connectivity index (χ0) is 8.69. The van der Waals surface area contributed by atoms with Gasteiger partial charge in [0.05, 0.1) is 0 Å². The highest BCUT2D eigenvalue weighted by atomic mass is 14.7. The van der Waals surface area contributed by atoms with Gasteiger partial charge in [-0.05, 0) is 26.0 Å². The third-order valence-corrected chi connectivity index (χ3v) is 1.60. The maximum atomic E-state index is 3.93. The van der Waals surface area contributed by atoms with Gasteiger partial charge in [-0.3, -0.25) is 4.99 Å². The van der Waals surface area contributed by atoms with Crippen LogP contribution < -0.4 is 0 Å². The van der Waals surface area contributed by atoms with Gasteiger partial charge in [0.1, 0.15) is 0 Å². The Bertz CT molecular complexity index is 147. The van der Waals surface area contributed by atoms with Crippen molar-refractivity contribution in [1.29, 1.82) is 0 Å². The third-order valence-electron chi connectivity index (χ3n) is 1.60. The van der Waals surface area contributed by atoms with E-state index in [1.165, 1.54) is 0 Å². The summed E-state index contributed by atoms with van der Waals surface area (Å²) in [6, 6.07) is 0.361. The van der Waals surface area contributed by atoms with Crippen LogP contribution >= 0.6 is 0 Å². The number of rotatable bonds is 5. The van der Waals surface area contributed by atoms with E-state index in [2.05, 4.69) is 38.2 Å². The van der Waals surface area contributed by atoms with Crippen LogP contribution in [0.4, 0.5) is 0 Å². The Labute approximate surface area is 69.5 Å². The van der Waals surface area contributed by atoms with E-state index in [9.17, 15) is 0 Å². The van der Waals surface area contributed by atoms with Crippen molar-refractivity contribution in [2.75, 3.05) is 0 Å². The molecule has 0 radical (unpaired) electrons. The van der Waals surface area contributed by atoms with E-state index in [1.54, 1.807) is 6.08 Å². The molecule has 0 aromatic rings. The molecule has 0 saturated carbocycles. The van der Waals surface area contributed by atoms with Crippen LogP contribution in [0.2, 0.25) is 0 Å². The summed E-state index contributed by atoms with van der Waals surface area (Å²) in [6.07, 6.45) is 6.96. The lowest BCUT2D eigenvalue weighted by molar-refractivity contribution is 0.566. The van der Waals surface area contributed by atoms with Crippen LogP contribution in [0, 0.1) is 5.92 Å². The molecule has 62 valence electrons. The van der Waals surface area contributed by atoms with Gasteiger partial charge in [0, 0.05) is 6.04 Å². The molecule has 0 aromatic carbocycles. The first-order valence-electron chi connectivity index (χ1n) is 3.95. The van der Waals surface area contributed by atoms with E-state index in [1.807, 2.05) is 6.08 Å². The van der Waals surface area contributed by atoms with E-state index in [-0.39, 0.29) is 0 Å². The van der Waals surface area contributed by atoms with Gasteiger partial charge >= 0.3 is 0 Å². The van der Waals surface area contributed by atoms with Crippen molar-refractivity contribution in [2.45, 2.75) is 26.3 Å². The summed E-state index contributed by atoms with van der Waals surface area (Å²) < 4.78 is 0. The Morgan fingerprint density at radius 1 is 1.45 bits per heavy atom. The van der Waals surface area contributed by atoms with Crippen molar-refractivity contribution in [3.63, 3.8) is 0 Å². The number of hydrogen-bond donors (Lipinski definition) is 0. The number of aliphatic imine (C=N–C) groups is 1. The molecule has 0 fully saturated rings. The molecular formula is C10H17N. The smallest absolute Gasteiger partial charge is 0.0469 e. The minimum Gasteiger partial charge on any atom is -0.298 e. The van der Waals surface area contributed by atoms with Crippen LogP contribution in [0.25, 0.3) is 0 Å². The Hall–Kier alpha value is -0.850. The molecular weight excluding hydrogens is 134 g/mol. The molecule has 0 saturated heterocycles. The van der Waals surface area contributed by atoms with Gasteiger partial charge in [-0.25, -0.2) is 0 Å². The standard InChI is InChI=1S/C10H17N/c1-5-6-7-9(2)8-10(3)11-4/h5-7,9-10H,1,4,8H2,2-3H3/b7-6+/t9-,10+/m1/s1. The Morgan fingerprint density at radius 3 is 2.55 bits per heavy atom. The van der Waals surface area contributed by atoms with Gasteiger partial charge in [-0.15, -0.1) is 0 Å². The van der Waals surface area contributed by atoms with E-state index in [0.29, 0.717) is 12.0 Å². The number of nitrogens with zero attached hydrogens (tertiary/aromatic N) is 1. The van der Waals surface area contributed by atoms with E-state index < -0.39 is 0 Å². The fourth-order valence-corrected chi connectivity index (χ4v) is 0.959. The second-order valence-electron chi connectivity index (χ2n) is 2.87. The summed E-state index contributed by atoms with van der Waals surface area (Å²) >= 11 is 0. The molecule has 11 heavy (non-hydrogen) atoms. The summed E-state index contributed by atoms with van der Waals surface area (Å²) in [7, 11) is 0. The molecule has 0 aliphatic rings. The summed E-state index contributed by atoms with van der Waals surface area (Å²) in [5.41, 5.74) is 0. The molecule has 0 spiro atoms. The second kappa shape index (κ2) is 5.90. The van der Waals surface area contributed by atoms with Crippen LogP contribution in [-0.2, 0) is 0 Å². The maximum absolute atomic E-state index is 3.93. The second-order valence-corrected chi connectivity index (χ2v) is 2.87. The topological polar surface area (TPSA) is 12.4 Å². The highest BCUT2D eigenvalue weighted by Crippen LogP contribution is 2.09. The minimum absolute atomic E-state index is 0.361. The zero-order valence-corrected chi connectivity index (χ0v) is 7.46. The van der Waals surface area contributed by atoms with Crippen molar-refractivity contribution in [3.05, 3.63) is 24.8 Å². The Kier molecular flexibility index (Phi) is 5.44. The highest BCUT2D eigenvalue weighted by Gasteiger charge is 2.01. The summed E-state index contributed by atoms with van der Waals surface area (Å²) in [4.78, 5) is 3.93. The van der Waals surface area contributed by atoms with Gasteiger partial charge in [0.15, 0.2) is 0 Å². The van der Waals surface area contributed by atoms with Gasteiger partial charge < -0.3 is 0 Å². The Morgan fingerprint density at radius 2 is 2.09 bits per heavy atom. The monoisotopic (exact) mass is 151 g/mol. The summed E-state index contributed by atoms with van der Waals surface area (Å²) in [6.45, 7) is 11.4. The average molecular weight is 151 g/mol. The first-order chi connectivity index (χ1) is 5.20. The molecule has 0 aliphatic carbocycles. The van der Waals surface area contributed by atoms with Gasteiger partial charge in [0.25, 0.3) is 0 Å². The average Bonchev–Trinajstić information content (AvgIpc) is 2.00. The molecule has 0 aromatic heterocycles. The summed E-state index contributed by atoms with van der Waals surface area (Å²) in [5.74, 6) is 0.563. The quantitative estimate of drug-likeness (QED) is 0.423. The molecule has 1 nitrogen and oxygen atoms in total. The molecule has 0 aliphatic heterocycles. The molecule has 0 N–H and O–H groups in total. The Balaban J connectivity index is 3.67. The first-order valence-corrected chi connectivity index (χ1v) is 3.95. The molecule has 2 atom stereocenters. The van der Waals surface area contributed by atoms with Gasteiger partial charge in [-0.1, -0.05) is 31.7 Å². The normalized spacial score (nSPS) is 16.2. The number of hydrogen-bond acceptors (Lipinski definition) is 1. The lowest BCUT2D eigenvalue weighted by Crippen LogP contribution is -2.02. The van der Waals surface area contributed by atoms with E-state index >= 15 is 0 Å². The van der Waals surface area contributed by atoms with Crippen molar-refractivity contribution in [3.8, 4) is 0 Å². The SMILES string of the molecule is C=C/C=C/[C@@H](C)C[C@H](C)N=C. The first kappa shape index (κ1) is 10.2. The lowest BCUT2D eigenvalue weighted by Gasteiger charge is -2.08. The van der Waals surface area contributed by atoms with Crippen molar-refractivity contribution in [1.82, 2.24) is 0 Å². The predicted octanol–water partition coefficient (Wildman–Crippen LogP) is 2.84. The fourth-order valence-electron chi connectivity index (χ4n) is 0.959. The number of allylic oxidation sites excluding steroid dienone is 3. The van der Waals surface area contributed by atoms with Crippen LogP contribution in [0.5, 0.6) is 0 Å². The molecule has 0 rings (SSSR count). The van der Waals surface area contributed by atoms with Crippen molar-refractivity contribution in [2.24, 2.45) is 10.9 Å². The molecule has 0 bridgehead atoms. The minimum atomic E-state index is 0.361. The lowest BCUT2D eigenvalue weighted by atomic mass is 10.0. The zero-order valence-electron chi connectivity index (χ0n) is 7.46. The molecule has 0 heterocycles. The van der Waals surface area contributed by atoms with Crippen molar-refractivity contribution < 1.29 is 0 Å². The van der Waals surface area contributed by atoms with Crippen LogP contribution in [0.1, 0.15) is 20.3 Å². The van der Waals surface area contributed by atoms with E-state index in [0.717, 1.165) is 6.42 Å². The van der Waals surface area contributed by atoms with Crippen molar-refractivity contribution >= 4 is 6.72 Å². The summed E-state index contributed by atoms with van der Waals surface area (Å²) in [5, 5.41) is 0. The van der Waals surface area contributed by atoms with E-state index in [4.69, 9.17) is 0 Å².